The first-order valence-electron chi connectivity index (χ1n) is 7.92. The van der Waals surface area contributed by atoms with E-state index in [-0.39, 0.29) is 11.9 Å². The van der Waals surface area contributed by atoms with Crippen LogP contribution in [0.4, 0.5) is 16.2 Å². The zero-order valence-corrected chi connectivity index (χ0v) is 13.5. The SMILES string of the molecule is C[C@H](Nc1ccc2c(c1)NC(=O)[C@@H](C)O2)C(=O)NC(=O)NC1CC1. The standard InChI is InChI=1S/C16H20N4O4/c1-8(14(21)20-16(23)18-10-3-4-10)17-11-5-6-13-12(7-11)19-15(22)9(2)24-13/h5-10,17H,3-4H2,1-2H3,(H,19,22)(H2,18,20,21,23)/t8-,9+/m0/s1. The second-order valence-corrected chi connectivity index (χ2v) is 6.06. The van der Waals surface area contributed by atoms with Crippen LogP contribution in [0.25, 0.3) is 0 Å². The second kappa shape index (κ2) is 6.38. The molecule has 2 aliphatic rings. The smallest absolute Gasteiger partial charge is 0.321 e. The highest BCUT2D eigenvalue weighted by atomic mass is 16.5. The lowest BCUT2D eigenvalue weighted by molar-refractivity contribution is -0.123. The molecule has 128 valence electrons. The third-order valence-corrected chi connectivity index (χ3v) is 3.84. The van der Waals surface area contributed by atoms with Crippen molar-refractivity contribution in [1.82, 2.24) is 10.6 Å². The highest BCUT2D eigenvalue weighted by Gasteiger charge is 2.26. The number of hydrogen-bond acceptors (Lipinski definition) is 5. The van der Waals surface area contributed by atoms with E-state index in [1.54, 1.807) is 32.0 Å². The molecule has 0 aromatic heterocycles. The van der Waals surface area contributed by atoms with Crippen molar-refractivity contribution in [3.8, 4) is 5.75 Å². The fraction of sp³-hybridized carbons (Fsp3) is 0.438. The van der Waals surface area contributed by atoms with Gasteiger partial charge in [-0.1, -0.05) is 0 Å². The van der Waals surface area contributed by atoms with E-state index in [4.69, 9.17) is 4.74 Å². The second-order valence-electron chi connectivity index (χ2n) is 6.06. The molecule has 8 nitrogen and oxygen atoms in total. The summed E-state index contributed by atoms with van der Waals surface area (Å²) < 4.78 is 5.47. The number of nitrogens with one attached hydrogen (secondary N) is 4. The van der Waals surface area contributed by atoms with E-state index in [1.807, 2.05) is 0 Å². The normalized spacial score (nSPS) is 20.1. The van der Waals surface area contributed by atoms with E-state index in [0.29, 0.717) is 17.1 Å². The van der Waals surface area contributed by atoms with Gasteiger partial charge in [-0.05, 0) is 44.9 Å². The number of benzene rings is 1. The van der Waals surface area contributed by atoms with Gasteiger partial charge in [-0.15, -0.1) is 0 Å². The first kappa shape index (κ1) is 16.1. The Hall–Kier alpha value is -2.77. The maximum atomic E-state index is 12.0. The van der Waals surface area contributed by atoms with Gasteiger partial charge in [0.05, 0.1) is 5.69 Å². The Morgan fingerprint density at radius 2 is 2.08 bits per heavy atom. The van der Waals surface area contributed by atoms with E-state index in [2.05, 4.69) is 21.3 Å². The molecule has 0 bridgehead atoms. The number of hydrogen-bond donors (Lipinski definition) is 4. The Morgan fingerprint density at radius 1 is 1.33 bits per heavy atom. The average Bonchev–Trinajstić information content (AvgIpc) is 3.32. The van der Waals surface area contributed by atoms with Gasteiger partial charge in [0.2, 0.25) is 5.91 Å². The molecule has 1 fully saturated rings. The van der Waals surface area contributed by atoms with Gasteiger partial charge in [-0.25, -0.2) is 4.79 Å². The Bertz CT molecular complexity index is 687. The van der Waals surface area contributed by atoms with Crippen LogP contribution in [0.15, 0.2) is 18.2 Å². The molecule has 3 rings (SSSR count). The monoisotopic (exact) mass is 332 g/mol. The minimum absolute atomic E-state index is 0.188. The average molecular weight is 332 g/mol. The number of carbonyl (C=O) groups excluding carboxylic acids is 3. The van der Waals surface area contributed by atoms with Crippen molar-refractivity contribution in [1.29, 1.82) is 0 Å². The predicted molar refractivity (Wildman–Crippen MR) is 87.9 cm³/mol. The third kappa shape index (κ3) is 3.76. The van der Waals surface area contributed by atoms with Gasteiger partial charge in [0.15, 0.2) is 6.10 Å². The van der Waals surface area contributed by atoms with Crippen LogP contribution in [0.5, 0.6) is 5.75 Å². The number of anilines is 2. The van der Waals surface area contributed by atoms with Crippen LogP contribution in [0.2, 0.25) is 0 Å². The van der Waals surface area contributed by atoms with Crippen molar-refractivity contribution in [3.63, 3.8) is 0 Å². The summed E-state index contributed by atoms with van der Waals surface area (Å²) in [6, 6.07) is 4.25. The van der Waals surface area contributed by atoms with Gasteiger partial charge in [-0.2, -0.15) is 0 Å². The van der Waals surface area contributed by atoms with Crippen LogP contribution >= 0.6 is 0 Å². The number of rotatable bonds is 4. The molecule has 4 amide bonds. The number of imide groups is 1. The summed E-state index contributed by atoms with van der Waals surface area (Å²) in [6.45, 7) is 3.32. The summed E-state index contributed by atoms with van der Waals surface area (Å²) in [5.41, 5.74) is 1.18. The summed E-state index contributed by atoms with van der Waals surface area (Å²) in [7, 11) is 0. The molecular weight excluding hydrogens is 312 g/mol. The van der Waals surface area contributed by atoms with Crippen LogP contribution in [0.3, 0.4) is 0 Å². The largest absolute Gasteiger partial charge is 0.479 e. The van der Waals surface area contributed by atoms with Crippen LogP contribution in [0, 0.1) is 0 Å². The van der Waals surface area contributed by atoms with Gasteiger partial charge in [0.25, 0.3) is 5.91 Å². The molecule has 1 aromatic carbocycles. The number of urea groups is 1. The Balaban J connectivity index is 1.58. The molecule has 0 radical (unpaired) electrons. The van der Waals surface area contributed by atoms with Crippen molar-refractivity contribution >= 4 is 29.2 Å². The van der Waals surface area contributed by atoms with Crippen molar-refractivity contribution in [2.24, 2.45) is 0 Å². The number of amides is 4. The molecule has 1 heterocycles. The maximum Gasteiger partial charge on any atom is 0.321 e. The van der Waals surface area contributed by atoms with Gasteiger partial charge in [-0.3, -0.25) is 14.9 Å². The number of ether oxygens (including phenoxy) is 1. The minimum atomic E-state index is -0.618. The molecule has 1 aliphatic heterocycles. The lowest BCUT2D eigenvalue weighted by Crippen LogP contribution is -2.46. The zero-order valence-electron chi connectivity index (χ0n) is 13.5. The molecular formula is C16H20N4O4. The Labute approximate surface area is 139 Å². The fourth-order valence-electron chi connectivity index (χ4n) is 2.28. The summed E-state index contributed by atoms with van der Waals surface area (Å²) in [4.78, 5) is 35.2. The van der Waals surface area contributed by atoms with Crippen molar-refractivity contribution in [2.75, 3.05) is 10.6 Å². The van der Waals surface area contributed by atoms with E-state index in [1.165, 1.54) is 0 Å². The van der Waals surface area contributed by atoms with Crippen LogP contribution in [-0.2, 0) is 9.59 Å². The molecule has 1 aliphatic carbocycles. The van der Waals surface area contributed by atoms with Gasteiger partial charge in [0, 0.05) is 11.7 Å². The molecule has 0 spiro atoms. The van der Waals surface area contributed by atoms with Crippen LogP contribution in [0.1, 0.15) is 26.7 Å². The molecule has 1 aromatic rings. The van der Waals surface area contributed by atoms with Gasteiger partial charge < -0.3 is 20.7 Å². The van der Waals surface area contributed by atoms with E-state index in [0.717, 1.165) is 12.8 Å². The lowest BCUT2D eigenvalue weighted by atomic mass is 10.2. The first-order valence-corrected chi connectivity index (χ1v) is 7.92. The molecule has 8 heteroatoms. The molecule has 0 unspecified atom stereocenters. The topological polar surface area (TPSA) is 109 Å². The third-order valence-electron chi connectivity index (χ3n) is 3.84. The van der Waals surface area contributed by atoms with E-state index < -0.39 is 24.1 Å². The minimum Gasteiger partial charge on any atom is -0.479 e. The highest BCUT2D eigenvalue weighted by molar-refractivity contribution is 5.99. The molecule has 24 heavy (non-hydrogen) atoms. The molecule has 2 atom stereocenters. The zero-order chi connectivity index (χ0) is 17.3. The highest BCUT2D eigenvalue weighted by Crippen LogP contribution is 2.32. The molecule has 1 saturated carbocycles. The molecule has 4 N–H and O–H groups in total. The summed E-state index contributed by atoms with van der Waals surface area (Å²) >= 11 is 0. The molecule has 0 saturated heterocycles. The lowest BCUT2D eigenvalue weighted by Gasteiger charge is -2.24. The summed E-state index contributed by atoms with van der Waals surface area (Å²) in [6.07, 6.45) is 1.37. The Morgan fingerprint density at radius 3 is 2.79 bits per heavy atom. The van der Waals surface area contributed by atoms with Crippen LogP contribution in [-0.4, -0.2) is 36.0 Å². The number of fused-ring (bicyclic) bond motifs is 1. The fourth-order valence-corrected chi connectivity index (χ4v) is 2.28. The Kier molecular flexibility index (Phi) is 4.28. The van der Waals surface area contributed by atoms with Crippen molar-refractivity contribution in [3.05, 3.63) is 18.2 Å². The van der Waals surface area contributed by atoms with E-state index >= 15 is 0 Å². The summed E-state index contributed by atoms with van der Waals surface area (Å²) in [5.74, 6) is -0.0736. The predicted octanol–water partition coefficient (Wildman–Crippen LogP) is 1.19. The van der Waals surface area contributed by atoms with E-state index in [9.17, 15) is 14.4 Å². The van der Waals surface area contributed by atoms with Crippen molar-refractivity contribution in [2.45, 2.75) is 44.9 Å². The van der Waals surface area contributed by atoms with Crippen molar-refractivity contribution < 1.29 is 19.1 Å². The number of carbonyl (C=O) groups is 3. The van der Waals surface area contributed by atoms with Crippen LogP contribution < -0.4 is 26.0 Å². The van der Waals surface area contributed by atoms with Gasteiger partial charge >= 0.3 is 6.03 Å². The van der Waals surface area contributed by atoms with Gasteiger partial charge in [0.1, 0.15) is 11.8 Å². The maximum absolute atomic E-state index is 12.0. The quantitative estimate of drug-likeness (QED) is 0.662. The first-order chi connectivity index (χ1) is 11.4. The summed E-state index contributed by atoms with van der Waals surface area (Å²) in [5, 5.41) is 10.7.